The van der Waals surface area contributed by atoms with Gasteiger partial charge < -0.3 is 9.15 Å². The molecule has 1 amide bonds. The maximum Gasteiger partial charge on any atom is 0.307 e. The highest BCUT2D eigenvalue weighted by molar-refractivity contribution is 14.1. The Bertz CT molecular complexity index is 983. The number of hydrazone groups is 1. The van der Waals surface area contributed by atoms with Crippen LogP contribution in [0.2, 0.25) is 0 Å². The maximum atomic E-state index is 12.3. The molecular weight excluding hydrogens is 523 g/mol. The Morgan fingerprint density at radius 1 is 1.33 bits per heavy atom. The van der Waals surface area contributed by atoms with Gasteiger partial charge in [-0.05, 0) is 84.0 Å². The van der Waals surface area contributed by atoms with Gasteiger partial charge in [-0.3, -0.25) is 4.79 Å². The fraction of sp³-hybridized carbons (Fsp3) is 0.200. The lowest BCUT2D eigenvalue weighted by Gasteiger charge is -2.12. The number of rotatable bonds is 6. The minimum atomic E-state index is -0.397. The molecule has 5 nitrogen and oxygen atoms in total. The van der Waals surface area contributed by atoms with Gasteiger partial charge >= 0.3 is 5.91 Å². The highest BCUT2D eigenvalue weighted by Gasteiger charge is 2.14. The minimum absolute atomic E-state index is 0.177. The molecule has 27 heavy (non-hydrogen) atoms. The number of nitrogens with zero attached hydrogens (tertiary/aromatic N) is 1. The smallest absolute Gasteiger partial charge is 0.307 e. The number of fused-ring (bicyclic) bond motifs is 1. The molecule has 0 spiro atoms. The minimum Gasteiger partial charge on any atom is -0.491 e. The lowest BCUT2D eigenvalue weighted by molar-refractivity contribution is 0.0929. The molecule has 3 aromatic rings. The summed E-state index contributed by atoms with van der Waals surface area (Å²) in [5.74, 6) is 0.634. The largest absolute Gasteiger partial charge is 0.491 e. The average Bonchev–Trinajstić information content (AvgIpc) is 3.07. The van der Waals surface area contributed by atoms with Crippen molar-refractivity contribution in [2.45, 2.75) is 26.4 Å². The van der Waals surface area contributed by atoms with E-state index in [9.17, 15) is 4.79 Å². The van der Waals surface area contributed by atoms with E-state index < -0.39 is 5.91 Å². The normalized spacial score (nSPS) is 12.4. The summed E-state index contributed by atoms with van der Waals surface area (Å²) in [6.07, 6.45) is 2.71. The number of nitrogens with one attached hydrogen (secondary N) is 1. The van der Waals surface area contributed by atoms with E-state index in [0.717, 1.165) is 31.2 Å². The molecule has 1 atom stereocenters. The molecule has 0 fully saturated rings. The molecule has 140 valence electrons. The number of hydrogen-bond donors (Lipinski definition) is 1. The zero-order valence-electron chi connectivity index (χ0n) is 14.8. The number of halogens is 2. The Morgan fingerprint density at radius 2 is 2.07 bits per heavy atom. The summed E-state index contributed by atoms with van der Waals surface area (Å²) < 4.78 is 13.3. The van der Waals surface area contributed by atoms with Crippen LogP contribution in [0.1, 0.15) is 36.4 Å². The maximum absolute atomic E-state index is 12.3. The molecule has 7 heteroatoms. The molecule has 3 rings (SSSR count). The third-order valence-corrected chi connectivity index (χ3v) is 5.19. The first kappa shape index (κ1) is 19.9. The Morgan fingerprint density at radius 3 is 2.78 bits per heavy atom. The Labute approximate surface area is 179 Å². The number of amides is 1. The van der Waals surface area contributed by atoms with E-state index in [1.807, 2.05) is 43.3 Å². The van der Waals surface area contributed by atoms with Crippen molar-refractivity contribution in [3.63, 3.8) is 0 Å². The number of furan rings is 1. The van der Waals surface area contributed by atoms with E-state index in [1.165, 1.54) is 0 Å². The van der Waals surface area contributed by atoms with Crippen molar-refractivity contribution in [3.05, 3.63) is 61.8 Å². The summed E-state index contributed by atoms with van der Waals surface area (Å²) in [5, 5.41) is 4.86. The van der Waals surface area contributed by atoms with Gasteiger partial charge in [0.25, 0.3) is 0 Å². The molecule has 2 aromatic carbocycles. The van der Waals surface area contributed by atoms with Gasteiger partial charge in [0.1, 0.15) is 11.3 Å². The third kappa shape index (κ3) is 5.10. The van der Waals surface area contributed by atoms with Crippen LogP contribution in [0.5, 0.6) is 5.75 Å². The van der Waals surface area contributed by atoms with E-state index in [-0.39, 0.29) is 11.9 Å². The van der Waals surface area contributed by atoms with Crippen LogP contribution in [0.15, 0.2) is 56.5 Å². The van der Waals surface area contributed by atoms with E-state index >= 15 is 0 Å². The Kier molecular flexibility index (Phi) is 6.54. The Balaban J connectivity index is 1.64. The highest BCUT2D eigenvalue weighted by Crippen LogP contribution is 2.28. The molecule has 0 unspecified atom stereocenters. The van der Waals surface area contributed by atoms with Crippen molar-refractivity contribution in [3.8, 4) is 5.75 Å². The fourth-order valence-electron chi connectivity index (χ4n) is 2.36. The SMILES string of the molecule is CC[C@@H](C)Oc1ccc(/C=N\NC(=O)c2cc3cc(Br)cc(I)c3o2)cc1. The predicted octanol–water partition coefficient (Wildman–Crippen LogP) is 5.74. The lowest BCUT2D eigenvalue weighted by atomic mass is 10.2. The number of ether oxygens (including phenoxy) is 1. The standard InChI is InChI=1S/C20H18BrIN2O3/c1-3-12(2)26-16-6-4-13(5-7-16)11-23-24-20(25)18-9-14-8-15(21)10-17(22)19(14)27-18/h4-12H,3H2,1-2H3,(H,24,25)/b23-11-/t12-/m1/s1. The molecular formula is C20H18BrIN2O3. The van der Waals surface area contributed by atoms with E-state index in [1.54, 1.807) is 12.3 Å². The first-order valence-electron chi connectivity index (χ1n) is 8.45. The lowest BCUT2D eigenvalue weighted by Crippen LogP contribution is -2.16. The van der Waals surface area contributed by atoms with Crippen LogP contribution < -0.4 is 10.2 Å². The van der Waals surface area contributed by atoms with Gasteiger partial charge in [0.05, 0.1) is 15.9 Å². The summed E-state index contributed by atoms with van der Waals surface area (Å²) >= 11 is 5.61. The summed E-state index contributed by atoms with van der Waals surface area (Å²) in [5.41, 5.74) is 4.03. The second kappa shape index (κ2) is 8.88. The zero-order valence-corrected chi connectivity index (χ0v) is 18.6. The number of hydrogen-bond acceptors (Lipinski definition) is 4. The van der Waals surface area contributed by atoms with Crippen LogP contribution in [0.4, 0.5) is 0 Å². The van der Waals surface area contributed by atoms with Crippen molar-refractivity contribution in [1.82, 2.24) is 5.43 Å². The van der Waals surface area contributed by atoms with Gasteiger partial charge in [-0.1, -0.05) is 22.9 Å². The summed E-state index contributed by atoms with van der Waals surface area (Å²) in [7, 11) is 0. The van der Waals surface area contributed by atoms with Gasteiger partial charge in [0, 0.05) is 9.86 Å². The van der Waals surface area contributed by atoms with Gasteiger partial charge in [0.15, 0.2) is 5.76 Å². The van der Waals surface area contributed by atoms with Gasteiger partial charge in [-0.25, -0.2) is 5.43 Å². The molecule has 0 radical (unpaired) electrons. The molecule has 0 saturated carbocycles. The molecule has 0 aliphatic heterocycles. The van der Waals surface area contributed by atoms with E-state index in [2.05, 4.69) is 56.0 Å². The van der Waals surface area contributed by atoms with Crippen molar-refractivity contribution in [1.29, 1.82) is 0 Å². The monoisotopic (exact) mass is 540 g/mol. The van der Waals surface area contributed by atoms with Crippen molar-refractivity contribution in [2.75, 3.05) is 0 Å². The third-order valence-electron chi connectivity index (χ3n) is 3.93. The highest BCUT2D eigenvalue weighted by atomic mass is 127. The Hall–Kier alpha value is -1.87. The molecule has 1 heterocycles. The molecule has 1 aromatic heterocycles. The van der Waals surface area contributed by atoms with Crippen LogP contribution in [0.3, 0.4) is 0 Å². The quantitative estimate of drug-likeness (QED) is 0.246. The summed E-state index contributed by atoms with van der Waals surface area (Å²) in [6, 6.07) is 13.1. The fourth-order valence-corrected chi connectivity index (χ4v) is 4.02. The second-order valence-corrected chi connectivity index (χ2v) is 8.10. The first-order valence-corrected chi connectivity index (χ1v) is 10.3. The van der Waals surface area contributed by atoms with Crippen LogP contribution in [0.25, 0.3) is 11.0 Å². The molecule has 0 aliphatic rings. The van der Waals surface area contributed by atoms with Gasteiger partial charge in [0.2, 0.25) is 0 Å². The van der Waals surface area contributed by atoms with E-state index in [4.69, 9.17) is 9.15 Å². The van der Waals surface area contributed by atoms with Crippen molar-refractivity contribution >= 4 is 61.6 Å². The van der Waals surface area contributed by atoms with Gasteiger partial charge in [-0.2, -0.15) is 5.10 Å². The van der Waals surface area contributed by atoms with Crippen molar-refractivity contribution < 1.29 is 13.9 Å². The van der Waals surface area contributed by atoms with E-state index in [0.29, 0.717) is 5.58 Å². The van der Waals surface area contributed by atoms with Crippen LogP contribution in [-0.4, -0.2) is 18.2 Å². The second-order valence-electron chi connectivity index (χ2n) is 6.02. The molecule has 0 saturated heterocycles. The topological polar surface area (TPSA) is 63.8 Å². The predicted molar refractivity (Wildman–Crippen MR) is 119 cm³/mol. The van der Waals surface area contributed by atoms with Crippen LogP contribution in [-0.2, 0) is 0 Å². The summed E-state index contributed by atoms with van der Waals surface area (Å²) in [6.45, 7) is 4.11. The number of carbonyl (C=O) groups is 1. The number of benzene rings is 2. The molecule has 0 bridgehead atoms. The van der Waals surface area contributed by atoms with Crippen molar-refractivity contribution in [2.24, 2.45) is 5.10 Å². The van der Waals surface area contributed by atoms with Gasteiger partial charge in [-0.15, -0.1) is 0 Å². The van der Waals surface area contributed by atoms with Crippen LogP contribution in [0, 0.1) is 3.57 Å². The zero-order chi connectivity index (χ0) is 19.4. The first-order chi connectivity index (χ1) is 13.0. The summed E-state index contributed by atoms with van der Waals surface area (Å²) in [4.78, 5) is 12.3. The van der Waals surface area contributed by atoms with Crippen LogP contribution >= 0.6 is 38.5 Å². The number of carbonyl (C=O) groups excluding carboxylic acids is 1. The average molecular weight is 541 g/mol. The molecule has 1 N–H and O–H groups in total. The molecule has 0 aliphatic carbocycles.